The van der Waals surface area contributed by atoms with Crippen LogP contribution in [-0.4, -0.2) is 28.2 Å². The predicted molar refractivity (Wildman–Crippen MR) is 133 cm³/mol. The molecule has 0 spiro atoms. The smallest absolute Gasteiger partial charge is 0.267 e. The zero-order valence-electron chi connectivity index (χ0n) is 17.4. The van der Waals surface area contributed by atoms with E-state index in [0.717, 1.165) is 10.4 Å². The van der Waals surface area contributed by atoms with E-state index in [0.29, 0.717) is 42.4 Å². The van der Waals surface area contributed by atoms with E-state index in [2.05, 4.69) is 0 Å². The van der Waals surface area contributed by atoms with Crippen LogP contribution in [0.25, 0.3) is 15.9 Å². The van der Waals surface area contributed by atoms with Crippen LogP contribution in [-0.2, 0) is 0 Å². The van der Waals surface area contributed by atoms with Crippen LogP contribution in [0.1, 0.15) is 20.8 Å². The van der Waals surface area contributed by atoms with E-state index in [1.54, 1.807) is 49.6 Å². The largest absolute Gasteiger partial charge is 0.497 e. The second-order valence-corrected chi connectivity index (χ2v) is 10.00. The van der Waals surface area contributed by atoms with Gasteiger partial charge in [0.25, 0.3) is 5.56 Å². The number of carbonyl (C=O) groups excluding carboxylic acids is 1. The van der Waals surface area contributed by atoms with Crippen LogP contribution in [0.2, 0.25) is 10.0 Å². The van der Waals surface area contributed by atoms with E-state index in [9.17, 15) is 9.59 Å². The van der Waals surface area contributed by atoms with Crippen LogP contribution < -0.4 is 10.3 Å². The van der Waals surface area contributed by atoms with Crippen molar-refractivity contribution < 1.29 is 9.53 Å². The molecule has 0 saturated heterocycles. The van der Waals surface area contributed by atoms with Crippen molar-refractivity contribution in [2.75, 3.05) is 12.9 Å². The Morgan fingerprint density at radius 3 is 2.50 bits per heavy atom. The molecule has 0 fully saturated rings. The number of hydrogen-bond acceptors (Lipinski definition) is 6. The number of thioether (sulfide) groups is 1. The molecule has 0 atom stereocenters. The molecule has 2 heterocycles. The molecule has 164 valence electrons. The molecule has 4 rings (SSSR count). The first-order valence-electron chi connectivity index (χ1n) is 9.58. The van der Waals surface area contributed by atoms with Gasteiger partial charge in [0.05, 0.1) is 34.0 Å². The van der Waals surface area contributed by atoms with Gasteiger partial charge in [0, 0.05) is 10.4 Å². The number of aryl methyl sites for hydroxylation is 2. The minimum absolute atomic E-state index is 0.0776. The molecule has 0 saturated carbocycles. The summed E-state index contributed by atoms with van der Waals surface area (Å²) in [6.45, 7) is 3.88. The maximum atomic E-state index is 13.5. The molecule has 32 heavy (non-hydrogen) atoms. The van der Waals surface area contributed by atoms with Crippen LogP contribution in [0, 0.1) is 13.8 Å². The molecule has 0 unspecified atom stereocenters. The minimum Gasteiger partial charge on any atom is -0.497 e. The lowest BCUT2D eigenvalue weighted by molar-refractivity contribution is 0.102. The summed E-state index contributed by atoms with van der Waals surface area (Å²) in [5, 5.41) is 1.72. The Morgan fingerprint density at radius 1 is 1.12 bits per heavy atom. The maximum absolute atomic E-state index is 13.5. The fourth-order valence-corrected chi connectivity index (χ4v) is 5.48. The molecule has 0 aliphatic rings. The number of aromatic nitrogens is 2. The number of rotatable bonds is 6. The molecule has 0 aliphatic heterocycles. The minimum atomic E-state index is -0.199. The van der Waals surface area contributed by atoms with Crippen LogP contribution in [0.5, 0.6) is 5.75 Å². The van der Waals surface area contributed by atoms with Gasteiger partial charge in [0.15, 0.2) is 10.9 Å². The molecule has 0 aliphatic carbocycles. The summed E-state index contributed by atoms with van der Waals surface area (Å²) in [6, 6.07) is 11.9. The molecule has 9 heteroatoms. The van der Waals surface area contributed by atoms with E-state index in [1.807, 2.05) is 13.8 Å². The van der Waals surface area contributed by atoms with Crippen molar-refractivity contribution in [1.82, 2.24) is 9.55 Å². The van der Waals surface area contributed by atoms with Gasteiger partial charge in [-0.05, 0) is 61.9 Å². The molecule has 2 aromatic heterocycles. The van der Waals surface area contributed by atoms with Crippen LogP contribution in [0.15, 0.2) is 52.4 Å². The molecule has 4 aromatic rings. The third kappa shape index (κ3) is 4.30. The summed E-state index contributed by atoms with van der Waals surface area (Å²) >= 11 is 15.0. The van der Waals surface area contributed by atoms with Gasteiger partial charge in [-0.15, -0.1) is 11.3 Å². The predicted octanol–water partition coefficient (Wildman–Crippen LogP) is 6.35. The van der Waals surface area contributed by atoms with Crippen molar-refractivity contribution in [1.29, 1.82) is 0 Å². The van der Waals surface area contributed by atoms with E-state index in [4.69, 9.17) is 32.9 Å². The second-order valence-electron chi connectivity index (χ2n) is 7.04. The van der Waals surface area contributed by atoms with E-state index in [-0.39, 0.29) is 17.1 Å². The Hall–Kier alpha value is -2.32. The Balaban J connectivity index is 1.77. The fourth-order valence-electron chi connectivity index (χ4n) is 3.21. The first-order chi connectivity index (χ1) is 15.3. The van der Waals surface area contributed by atoms with Gasteiger partial charge in [-0.1, -0.05) is 35.0 Å². The SMILES string of the molecule is COc1ccc(C(=O)CSc2nc3sc(C)c(C)c3c(=O)n2-c2ccc(Cl)c(Cl)c2)cc1. The van der Waals surface area contributed by atoms with Crippen LogP contribution in [0.4, 0.5) is 0 Å². The number of ether oxygens (including phenoxy) is 1. The lowest BCUT2D eigenvalue weighted by Crippen LogP contribution is -2.22. The summed E-state index contributed by atoms with van der Waals surface area (Å²) in [4.78, 5) is 32.7. The summed E-state index contributed by atoms with van der Waals surface area (Å²) in [5.74, 6) is 0.721. The highest BCUT2D eigenvalue weighted by Gasteiger charge is 2.19. The second kappa shape index (κ2) is 9.27. The Morgan fingerprint density at radius 2 is 1.84 bits per heavy atom. The number of methoxy groups -OCH3 is 1. The van der Waals surface area contributed by atoms with Crippen LogP contribution >= 0.6 is 46.3 Å². The first kappa shape index (κ1) is 22.9. The topological polar surface area (TPSA) is 61.2 Å². The Kier molecular flexibility index (Phi) is 6.62. The average molecular weight is 505 g/mol. The van der Waals surface area contributed by atoms with Gasteiger partial charge < -0.3 is 4.74 Å². The van der Waals surface area contributed by atoms with Crippen molar-refractivity contribution in [3.05, 3.63) is 78.9 Å². The number of nitrogens with zero attached hydrogens (tertiary/aromatic N) is 2. The van der Waals surface area contributed by atoms with Gasteiger partial charge in [-0.3, -0.25) is 14.2 Å². The maximum Gasteiger partial charge on any atom is 0.267 e. The van der Waals surface area contributed by atoms with Gasteiger partial charge in [0.2, 0.25) is 0 Å². The van der Waals surface area contributed by atoms with E-state index >= 15 is 0 Å². The zero-order valence-corrected chi connectivity index (χ0v) is 20.6. The summed E-state index contributed by atoms with van der Waals surface area (Å²) in [5.41, 5.74) is 1.81. The number of fused-ring (bicyclic) bond motifs is 1. The molecular weight excluding hydrogens is 487 g/mol. The molecule has 0 N–H and O–H groups in total. The number of thiophene rings is 1. The highest BCUT2D eigenvalue weighted by molar-refractivity contribution is 7.99. The monoisotopic (exact) mass is 504 g/mol. The van der Waals surface area contributed by atoms with Gasteiger partial charge >= 0.3 is 0 Å². The van der Waals surface area contributed by atoms with Gasteiger partial charge in [-0.2, -0.15) is 0 Å². The standard InChI is InChI=1S/C23H18Cl2N2O3S2/c1-12-13(2)32-21-20(12)22(29)27(15-6-9-17(24)18(25)10-15)23(26-21)31-11-19(28)14-4-7-16(30-3)8-5-14/h4-10H,11H2,1-3H3. The quantitative estimate of drug-likeness (QED) is 0.174. The number of halogens is 2. The van der Waals surface area contributed by atoms with Crippen molar-refractivity contribution in [3.8, 4) is 11.4 Å². The van der Waals surface area contributed by atoms with Gasteiger partial charge in [-0.25, -0.2) is 4.98 Å². The molecule has 0 radical (unpaired) electrons. The lowest BCUT2D eigenvalue weighted by atomic mass is 10.1. The van der Waals surface area contributed by atoms with Crippen LogP contribution in [0.3, 0.4) is 0 Å². The molecule has 0 amide bonds. The highest BCUT2D eigenvalue weighted by atomic mass is 35.5. The third-order valence-corrected chi connectivity index (χ3v) is 7.86. The third-order valence-electron chi connectivity index (χ3n) is 5.08. The number of benzene rings is 2. The summed E-state index contributed by atoms with van der Waals surface area (Å²) < 4.78 is 6.64. The molecule has 0 bridgehead atoms. The summed E-state index contributed by atoms with van der Waals surface area (Å²) in [6.07, 6.45) is 0. The Labute approximate surface area is 203 Å². The zero-order chi connectivity index (χ0) is 23.0. The van der Waals surface area contributed by atoms with Crippen molar-refractivity contribution in [3.63, 3.8) is 0 Å². The van der Waals surface area contributed by atoms with E-state index in [1.165, 1.54) is 27.7 Å². The Bertz CT molecular complexity index is 1400. The lowest BCUT2D eigenvalue weighted by Gasteiger charge is -2.13. The molecule has 5 nitrogen and oxygen atoms in total. The summed E-state index contributed by atoms with van der Waals surface area (Å²) in [7, 11) is 1.57. The van der Waals surface area contributed by atoms with Crippen molar-refractivity contribution in [2.45, 2.75) is 19.0 Å². The number of hydrogen-bond donors (Lipinski definition) is 0. The molecular formula is C23H18Cl2N2O3S2. The number of carbonyl (C=O) groups is 1. The van der Waals surface area contributed by atoms with Crippen molar-refractivity contribution >= 4 is 62.3 Å². The normalized spacial score (nSPS) is 11.2. The number of ketones is 1. The highest BCUT2D eigenvalue weighted by Crippen LogP contribution is 2.31. The first-order valence-corrected chi connectivity index (χ1v) is 12.1. The van der Waals surface area contributed by atoms with Crippen molar-refractivity contribution in [2.24, 2.45) is 0 Å². The van der Waals surface area contributed by atoms with Gasteiger partial charge in [0.1, 0.15) is 10.6 Å². The fraction of sp³-hybridized carbons (Fsp3) is 0.174. The average Bonchev–Trinajstić information content (AvgIpc) is 3.07. The van der Waals surface area contributed by atoms with E-state index < -0.39 is 0 Å². The molecule has 2 aromatic carbocycles. The number of Topliss-reactive ketones (excluding diaryl/α,β-unsaturated/α-hetero) is 1.